The highest BCUT2D eigenvalue weighted by molar-refractivity contribution is 6.32. The Labute approximate surface area is 116 Å². The van der Waals surface area contributed by atoms with Crippen molar-refractivity contribution in [2.24, 2.45) is 11.1 Å². The number of rotatable bonds is 6. The fraction of sp³-hybridized carbons (Fsp3) is 0.583. The van der Waals surface area contributed by atoms with Gasteiger partial charge in [0.1, 0.15) is 5.02 Å². The van der Waals surface area contributed by atoms with Crippen molar-refractivity contribution in [1.82, 2.24) is 9.78 Å². The lowest BCUT2D eigenvalue weighted by Gasteiger charge is -2.21. The van der Waals surface area contributed by atoms with Crippen molar-refractivity contribution in [2.45, 2.75) is 33.7 Å². The molecule has 106 valence electrons. The number of primary amides is 1. The molecule has 0 atom stereocenters. The predicted octanol–water partition coefficient (Wildman–Crippen LogP) is 1.23. The molecule has 0 spiro atoms. The van der Waals surface area contributed by atoms with Gasteiger partial charge in [-0.25, -0.2) is 4.68 Å². The van der Waals surface area contributed by atoms with Crippen molar-refractivity contribution in [3.05, 3.63) is 21.6 Å². The van der Waals surface area contributed by atoms with Crippen LogP contribution in [0.15, 0.2) is 11.0 Å². The topological polar surface area (TPSA) is 90.0 Å². The van der Waals surface area contributed by atoms with Crippen molar-refractivity contribution >= 4 is 23.2 Å². The second kappa shape index (κ2) is 6.06. The molecule has 1 rings (SSSR count). The average Bonchev–Trinajstić information content (AvgIpc) is 2.34. The number of hydrogen-bond donors (Lipinski definition) is 2. The molecule has 1 aromatic heterocycles. The normalized spacial score (nSPS) is 11.4. The number of nitrogens with one attached hydrogen (secondary N) is 1. The van der Waals surface area contributed by atoms with E-state index in [0.717, 1.165) is 6.42 Å². The lowest BCUT2D eigenvalue weighted by atomic mass is 9.93. The fourth-order valence-corrected chi connectivity index (χ4v) is 1.58. The van der Waals surface area contributed by atoms with Crippen LogP contribution < -0.4 is 16.6 Å². The molecule has 1 heterocycles. The minimum Gasteiger partial charge on any atom is -0.381 e. The van der Waals surface area contributed by atoms with E-state index in [1.165, 1.54) is 10.9 Å². The fourth-order valence-electron chi connectivity index (χ4n) is 1.36. The van der Waals surface area contributed by atoms with Crippen molar-refractivity contribution in [1.29, 1.82) is 0 Å². The highest BCUT2D eigenvalue weighted by Gasteiger charge is 2.25. The van der Waals surface area contributed by atoms with Gasteiger partial charge >= 0.3 is 0 Å². The Kier molecular flexibility index (Phi) is 4.94. The molecule has 0 radical (unpaired) electrons. The van der Waals surface area contributed by atoms with Gasteiger partial charge in [-0.15, -0.1) is 0 Å². The molecule has 0 fully saturated rings. The molecule has 19 heavy (non-hydrogen) atoms. The molecular weight excluding hydrogens is 268 g/mol. The highest BCUT2D eigenvalue weighted by Crippen LogP contribution is 2.19. The minimum absolute atomic E-state index is 0.0729. The largest absolute Gasteiger partial charge is 0.381 e. The van der Waals surface area contributed by atoms with E-state index in [1.54, 1.807) is 13.8 Å². The van der Waals surface area contributed by atoms with Crippen LogP contribution in [0.5, 0.6) is 0 Å². The number of amides is 1. The van der Waals surface area contributed by atoms with Gasteiger partial charge in [0, 0.05) is 13.1 Å². The summed E-state index contributed by atoms with van der Waals surface area (Å²) in [6, 6.07) is 0. The second-order valence-electron chi connectivity index (χ2n) is 5.00. The molecule has 0 aromatic carbocycles. The summed E-state index contributed by atoms with van der Waals surface area (Å²) in [4.78, 5) is 23.1. The Morgan fingerprint density at radius 2 is 2.21 bits per heavy atom. The Morgan fingerprint density at radius 1 is 1.58 bits per heavy atom. The van der Waals surface area contributed by atoms with Gasteiger partial charge in [0.25, 0.3) is 5.56 Å². The maximum absolute atomic E-state index is 11.9. The predicted molar refractivity (Wildman–Crippen MR) is 75.3 cm³/mol. The van der Waals surface area contributed by atoms with Crippen molar-refractivity contribution in [2.75, 3.05) is 11.9 Å². The SMILES string of the molecule is CCCn1ncc(NCC(C)(C)C(N)=O)c(Cl)c1=O. The summed E-state index contributed by atoms with van der Waals surface area (Å²) in [5.41, 5.74) is 4.61. The first-order valence-corrected chi connectivity index (χ1v) is 6.46. The molecule has 0 aliphatic heterocycles. The van der Waals surface area contributed by atoms with E-state index in [-0.39, 0.29) is 17.1 Å². The molecule has 6 nitrogen and oxygen atoms in total. The molecule has 3 N–H and O–H groups in total. The Balaban J connectivity index is 2.90. The zero-order chi connectivity index (χ0) is 14.6. The maximum atomic E-state index is 11.9. The quantitative estimate of drug-likeness (QED) is 0.823. The smallest absolute Gasteiger partial charge is 0.287 e. The molecule has 1 aromatic rings. The summed E-state index contributed by atoms with van der Waals surface area (Å²) in [6.07, 6.45) is 2.28. The van der Waals surface area contributed by atoms with Gasteiger partial charge in [-0.05, 0) is 20.3 Å². The first-order chi connectivity index (χ1) is 8.79. The van der Waals surface area contributed by atoms with Crippen LogP contribution in [-0.4, -0.2) is 22.2 Å². The number of aryl methyl sites for hydroxylation is 1. The van der Waals surface area contributed by atoms with Gasteiger partial charge in [0.2, 0.25) is 5.91 Å². The van der Waals surface area contributed by atoms with E-state index in [4.69, 9.17) is 17.3 Å². The molecule has 0 saturated carbocycles. The molecule has 0 bridgehead atoms. The molecule has 7 heteroatoms. The van der Waals surface area contributed by atoms with Gasteiger partial charge in [0.15, 0.2) is 0 Å². The van der Waals surface area contributed by atoms with Crippen LogP contribution in [0, 0.1) is 5.41 Å². The van der Waals surface area contributed by atoms with Crippen molar-refractivity contribution in [3.63, 3.8) is 0 Å². The number of carbonyl (C=O) groups excluding carboxylic acids is 1. The standard InChI is InChI=1S/C12H19ClN4O2/c1-4-5-17-10(18)9(13)8(6-16-17)15-7-12(2,3)11(14)19/h6,15H,4-5,7H2,1-3H3,(H2,14,19). The van der Waals surface area contributed by atoms with E-state index in [9.17, 15) is 9.59 Å². The van der Waals surface area contributed by atoms with E-state index in [2.05, 4.69) is 10.4 Å². The van der Waals surface area contributed by atoms with E-state index in [0.29, 0.717) is 12.2 Å². The molecule has 0 aliphatic carbocycles. The molecule has 0 unspecified atom stereocenters. The maximum Gasteiger partial charge on any atom is 0.287 e. The monoisotopic (exact) mass is 286 g/mol. The second-order valence-corrected chi connectivity index (χ2v) is 5.38. The number of aromatic nitrogens is 2. The zero-order valence-corrected chi connectivity index (χ0v) is 12.1. The van der Waals surface area contributed by atoms with E-state index in [1.807, 2.05) is 6.92 Å². The number of hydrogen-bond acceptors (Lipinski definition) is 4. The lowest BCUT2D eigenvalue weighted by Crippen LogP contribution is -2.37. The first kappa shape index (κ1) is 15.5. The van der Waals surface area contributed by atoms with Crippen LogP contribution >= 0.6 is 11.6 Å². The van der Waals surface area contributed by atoms with Crippen LogP contribution in [0.4, 0.5) is 5.69 Å². The number of nitrogens with two attached hydrogens (primary N) is 1. The summed E-state index contributed by atoms with van der Waals surface area (Å²) in [7, 11) is 0. The van der Waals surface area contributed by atoms with Crippen molar-refractivity contribution < 1.29 is 4.79 Å². The summed E-state index contributed by atoms with van der Waals surface area (Å²) in [5, 5.41) is 7.02. The van der Waals surface area contributed by atoms with Gasteiger partial charge in [-0.3, -0.25) is 9.59 Å². The van der Waals surface area contributed by atoms with E-state index >= 15 is 0 Å². The molecular formula is C12H19ClN4O2. The zero-order valence-electron chi connectivity index (χ0n) is 11.4. The Bertz CT molecular complexity index is 525. The van der Waals surface area contributed by atoms with Gasteiger partial charge in [-0.2, -0.15) is 5.10 Å². The van der Waals surface area contributed by atoms with Crippen LogP contribution in [0.3, 0.4) is 0 Å². The third kappa shape index (κ3) is 3.70. The van der Waals surface area contributed by atoms with Gasteiger partial charge in [0.05, 0.1) is 17.3 Å². The van der Waals surface area contributed by atoms with Crippen LogP contribution in [-0.2, 0) is 11.3 Å². The van der Waals surface area contributed by atoms with Crippen molar-refractivity contribution in [3.8, 4) is 0 Å². The lowest BCUT2D eigenvalue weighted by molar-refractivity contribution is -0.125. The molecule has 0 saturated heterocycles. The van der Waals surface area contributed by atoms with Gasteiger partial charge in [-0.1, -0.05) is 18.5 Å². The third-order valence-electron chi connectivity index (χ3n) is 2.81. The number of carbonyl (C=O) groups is 1. The molecule has 0 aliphatic rings. The Morgan fingerprint density at radius 3 is 2.74 bits per heavy atom. The summed E-state index contributed by atoms with van der Waals surface area (Å²) < 4.78 is 1.31. The minimum atomic E-state index is -0.735. The van der Waals surface area contributed by atoms with Crippen LogP contribution in [0.2, 0.25) is 5.02 Å². The summed E-state index contributed by atoms with van der Waals surface area (Å²) in [5.74, 6) is -0.427. The first-order valence-electron chi connectivity index (χ1n) is 6.09. The average molecular weight is 287 g/mol. The molecule has 1 amide bonds. The number of halogens is 1. The summed E-state index contributed by atoms with van der Waals surface area (Å²) >= 11 is 5.99. The Hall–Kier alpha value is -1.56. The summed E-state index contributed by atoms with van der Waals surface area (Å²) in [6.45, 7) is 6.17. The van der Waals surface area contributed by atoms with Crippen LogP contribution in [0.1, 0.15) is 27.2 Å². The van der Waals surface area contributed by atoms with E-state index < -0.39 is 11.3 Å². The van der Waals surface area contributed by atoms with Crippen LogP contribution in [0.25, 0.3) is 0 Å². The number of nitrogens with zero attached hydrogens (tertiary/aromatic N) is 2. The third-order valence-corrected chi connectivity index (χ3v) is 3.17. The number of anilines is 1. The van der Waals surface area contributed by atoms with Gasteiger partial charge < -0.3 is 11.1 Å². The highest BCUT2D eigenvalue weighted by atomic mass is 35.5.